The van der Waals surface area contributed by atoms with Crippen molar-refractivity contribution in [1.82, 2.24) is 0 Å². The quantitative estimate of drug-likeness (QED) is 0.846. The summed E-state index contributed by atoms with van der Waals surface area (Å²) in [4.78, 5) is 11.0. The van der Waals surface area contributed by atoms with Gasteiger partial charge >= 0.3 is 5.97 Å². The lowest BCUT2D eigenvalue weighted by atomic mass is 9.97. The van der Waals surface area contributed by atoms with Crippen LogP contribution in [0.1, 0.15) is 17.0 Å². The molecular formula is C11H14ClNO3. The molecule has 0 fully saturated rings. The van der Waals surface area contributed by atoms with Gasteiger partial charge in [0.15, 0.2) is 0 Å². The van der Waals surface area contributed by atoms with Crippen molar-refractivity contribution in [2.24, 2.45) is 5.73 Å². The first-order valence-corrected chi connectivity index (χ1v) is 5.16. The van der Waals surface area contributed by atoms with E-state index < -0.39 is 11.9 Å². The Kier molecular flexibility index (Phi) is 4.15. The summed E-state index contributed by atoms with van der Waals surface area (Å²) in [5.74, 6) is -1.40. The van der Waals surface area contributed by atoms with Gasteiger partial charge in [-0.1, -0.05) is 23.7 Å². The highest BCUT2D eigenvalue weighted by Gasteiger charge is 2.23. The Bertz CT molecular complexity index is 406. The highest BCUT2D eigenvalue weighted by atomic mass is 35.5. The first-order chi connectivity index (χ1) is 7.52. The number of ether oxygens (including phenoxy) is 1. The Balaban J connectivity index is 3.32. The van der Waals surface area contributed by atoms with Crippen LogP contribution in [0.4, 0.5) is 0 Å². The number of rotatable bonds is 4. The molecule has 1 rings (SSSR count). The van der Waals surface area contributed by atoms with Gasteiger partial charge in [0.05, 0.1) is 18.1 Å². The zero-order valence-corrected chi connectivity index (χ0v) is 9.91. The smallest absolute Gasteiger partial charge is 0.312 e. The molecule has 1 atom stereocenters. The number of carbonyl (C=O) groups is 1. The van der Waals surface area contributed by atoms with Gasteiger partial charge in [0.25, 0.3) is 0 Å². The van der Waals surface area contributed by atoms with Crippen LogP contribution in [-0.2, 0) is 4.79 Å². The molecule has 1 unspecified atom stereocenters. The van der Waals surface area contributed by atoms with Crippen LogP contribution in [-0.4, -0.2) is 24.7 Å². The van der Waals surface area contributed by atoms with Gasteiger partial charge < -0.3 is 15.6 Å². The van der Waals surface area contributed by atoms with E-state index in [0.717, 1.165) is 5.56 Å². The van der Waals surface area contributed by atoms with E-state index in [9.17, 15) is 4.79 Å². The lowest BCUT2D eigenvalue weighted by molar-refractivity contribution is -0.138. The number of aryl methyl sites for hydroxylation is 1. The Labute approximate surface area is 99.0 Å². The van der Waals surface area contributed by atoms with Gasteiger partial charge in [-0.05, 0) is 12.5 Å². The number of hydrogen-bond acceptors (Lipinski definition) is 3. The third-order valence-electron chi connectivity index (χ3n) is 2.43. The normalized spacial score (nSPS) is 12.2. The molecule has 16 heavy (non-hydrogen) atoms. The van der Waals surface area contributed by atoms with Crippen molar-refractivity contribution in [3.8, 4) is 5.75 Å². The van der Waals surface area contributed by atoms with Crippen LogP contribution in [0.2, 0.25) is 5.02 Å². The van der Waals surface area contributed by atoms with E-state index >= 15 is 0 Å². The van der Waals surface area contributed by atoms with Crippen molar-refractivity contribution in [3.05, 3.63) is 28.3 Å². The molecule has 88 valence electrons. The number of hydrogen-bond donors (Lipinski definition) is 2. The minimum atomic E-state index is -0.985. The molecule has 0 aromatic heterocycles. The van der Waals surface area contributed by atoms with Gasteiger partial charge in [0, 0.05) is 12.1 Å². The predicted molar refractivity (Wildman–Crippen MR) is 62.2 cm³/mol. The van der Waals surface area contributed by atoms with Gasteiger partial charge in [-0.3, -0.25) is 4.79 Å². The zero-order valence-electron chi connectivity index (χ0n) is 9.16. The van der Waals surface area contributed by atoms with Gasteiger partial charge in [-0.15, -0.1) is 0 Å². The monoisotopic (exact) mass is 243 g/mol. The van der Waals surface area contributed by atoms with Gasteiger partial charge in [0.2, 0.25) is 0 Å². The number of benzene rings is 1. The average molecular weight is 244 g/mol. The minimum absolute atomic E-state index is 0.00504. The lowest BCUT2D eigenvalue weighted by Crippen LogP contribution is -2.21. The molecule has 1 aromatic rings. The average Bonchev–Trinajstić information content (AvgIpc) is 2.24. The zero-order chi connectivity index (χ0) is 12.3. The van der Waals surface area contributed by atoms with E-state index in [4.69, 9.17) is 27.2 Å². The maximum atomic E-state index is 11.0. The summed E-state index contributed by atoms with van der Waals surface area (Å²) < 4.78 is 5.14. The summed E-state index contributed by atoms with van der Waals surface area (Å²) in [6.07, 6.45) is 0. The fourth-order valence-corrected chi connectivity index (χ4v) is 1.76. The second kappa shape index (κ2) is 5.18. The molecule has 0 spiro atoms. The molecule has 0 radical (unpaired) electrons. The predicted octanol–water partition coefficient (Wildman–Crippen LogP) is 1.78. The number of aliphatic carboxylic acids is 1. The molecule has 3 N–H and O–H groups in total. The molecular weight excluding hydrogens is 230 g/mol. The first-order valence-electron chi connectivity index (χ1n) is 4.78. The molecule has 0 aliphatic rings. The minimum Gasteiger partial charge on any atom is -0.495 e. The largest absolute Gasteiger partial charge is 0.495 e. The summed E-state index contributed by atoms with van der Waals surface area (Å²) in [6, 6.07) is 3.44. The van der Waals surface area contributed by atoms with Crippen LogP contribution in [0.25, 0.3) is 0 Å². The number of nitrogens with two attached hydrogens (primary N) is 1. The van der Waals surface area contributed by atoms with Crippen LogP contribution in [0.3, 0.4) is 0 Å². The third-order valence-corrected chi connectivity index (χ3v) is 2.90. The van der Waals surface area contributed by atoms with Crippen molar-refractivity contribution in [2.45, 2.75) is 12.8 Å². The Morgan fingerprint density at radius 3 is 2.69 bits per heavy atom. The molecule has 0 amide bonds. The van der Waals surface area contributed by atoms with E-state index in [-0.39, 0.29) is 6.54 Å². The topological polar surface area (TPSA) is 72.5 Å². The summed E-state index contributed by atoms with van der Waals surface area (Å²) in [5, 5.41) is 9.46. The van der Waals surface area contributed by atoms with Gasteiger partial charge in [0.1, 0.15) is 5.75 Å². The molecule has 0 saturated heterocycles. The fourth-order valence-electron chi connectivity index (χ4n) is 1.51. The number of halogens is 1. The van der Waals surface area contributed by atoms with Crippen molar-refractivity contribution in [3.63, 3.8) is 0 Å². The van der Waals surface area contributed by atoms with Crippen molar-refractivity contribution in [1.29, 1.82) is 0 Å². The standard InChI is InChI=1S/C11H14ClNO3/c1-6-3-4-7(8(5-13)11(14)15)10(16-2)9(6)12/h3-4,8H,5,13H2,1-2H3,(H,14,15). The highest BCUT2D eigenvalue weighted by Crippen LogP contribution is 2.35. The number of carboxylic acids is 1. The highest BCUT2D eigenvalue weighted by molar-refractivity contribution is 6.33. The second-order valence-corrected chi connectivity index (χ2v) is 3.82. The van der Waals surface area contributed by atoms with Crippen molar-refractivity contribution in [2.75, 3.05) is 13.7 Å². The molecule has 1 aromatic carbocycles. The summed E-state index contributed by atoms with van der Waals surface area (Å²) in [5.41, 5.74) is 6.78. The van der Waals surface area contributed by atoms with Crippen LogP contribution < -0.4 is 10.5 Å². The fraction of sp³-hybridized carbons (Fsp3) is 0.364. The molecule has 5 heteroatoms. The molecule has 4 nitrogen and oxygen atoms in total. The van der Waals surface area contributed by atoms with Gasteiger partial charge in [-0.2, -0.15) is 0 Å². The van der Waals surface area contributed by atoms with E-state index in [1.165, 1.54) is 7.11 Å². The van der Waals surface area contributed by atoms with E-state index in [0.29, 0.717) is 16.3 Å². The molecule has 0 aliphatic heterocycles. The Hall–Kier alpha value is -1.26. The van der Waals surface area contributed by atoms with Crippen LogP contribution in [0.15, 0.2) is 12.1 Å². The van der Waals surface area contributed by atoms with Crippen LogP contribution >= 0.6 is 11.6 Å². The SMILES string of the molecule is COc1c(C(CN)C(=O)O)ccc(C)c1Cl. The van der Waals surface area contributed by atoms with Crippen LogP contribution in [0.5, 0.6) is 5.75 Å². The second-order valence-electron chi connectivity index (χ2n) is 3.45. The first kappa shape index (κ1) is 12.8. The summed E-state index contributed by atoms with van der Waals surface area (Å²) >= 11 is 6.05. The summed E-state index contributed by atoms with van der Waals surface area (Å²) in [7, 11) is 1.46. The maximum absolute atomic E-state index is 11.0. The lowest BCUT2D eigenvalue weighted by Gasteiger charge is -2.16. The molecule has 0 bridgehead atoms. The summed E-state index contributed by atoms with van der Waals surface area (Å²) in [6.45, 7) is 1.83. The molecule has 0 saturated carbocycles. The third kappa shape index (κ3) is 2.28. The maximum Gasteiger partial charge on any atom is 0.312 e. The Morgan fingerprint density at radius 1 is 1.62 bits per heavy atom. The molecule has 0 heterocycles. The van der Waals surface area contributed by atoms with E-state index in [2.05, 4.69) is 0 Å². The van der Waals surface area contributed by atoms with Gasteiger partial charge in [-0.25, -0.2) is 0 Å². The van der Waals surface area contributed by atoms with E-state index in [1.807, 2.05) is 6.92 Å². The van der Waals surface area contributed by atoms with Crippen molar-refractivity contribution < 1.29 is 14.6 Å². The van der Waals surface area contributed by atoms with Crippen molar-refractivity contribution >= 4 is 17.6 Å². The van der Waals surface area contributed by atoms with Crippen LogP contribution in [0, 0.1) is 6.92 Å². The number of methoxy groups -OCH3 is 1. The Morgan fingerprint density at radius 2 is 2.25 bits per heavy atom. The number of carboxylic acid groups (broad SMARTS) is 1. The molecule has 0 aliphatic carbocycles. The van der Waals surface area contributed by atoms with E-state index in [1.54, 1.807) is 12.1 Å².